The molecule has 1 saturated heterocycles. The van der Waals surface area contributed by atoms with Crippen LogP contribution in [0.5, 0.6) is 0 Å². The van der Waals surface area contributed by atoms with Gasteiger partial charge in [0.15, 0.2) is 0 Å². The van der Waals surface area contributed by atoms with Gasteiger partial charge in [-0.15, -0.1) is 0 Å². The van der Waals surface area contributed by atoms with Gasteiger partial charge in [0, 0.05) is 43.4 Å². The average molecular weight is 305 g/mol. The molecule has 0 aliphatic carbocycles. The van der Waals surface area contributed by atoms with E-state index >= 15 is 0 Å². The molecule has 1 aliphatic rings. The van der Waals surface area contributed by atoms with Crippen LogP contribution in [0.3, 0.4) is 0 Å². The van der Waals surface area contributed by atoms with E-state index in [1.165, 1.54) is 17.8 Å². The lowest BCUT2D eigenvalue weighted by atomic mass is 10.2. The Kier molecular flexibility index (Phi) is 4.42. The van der Waals surface area contributed by atoms with E-state index in [1.807, 2.05) is 6.07 Å². The number of anilines is 1. The van der Waals surface area contributed by atoms with E-state index in [-0.39, 0.29) is 5.82 Å². The zero-order valence-electron chi connectivity index (χ0n) is 11.8. The highest BCUT2D eigenvalue weighted by molar-refractivity contribution is 6.31. The summed E-state index contributed by atoms with van der Waals surface area (Å²) in [5.41, 5.74) is 2.27. The topological polar surface area (TPSA) is 6.48 Å². The molecule has 0 atom stereocenters. The second-order valence-corrected chi connectivity index (χ2v) is 5.74. The van der Waals surface area contributed by atoms with E-state index in [2.05, 4.69) is 34.1 Å². The number of benzene rings is 2. The maximum atomic E-state index is 13.1. The molecule has 0 spiro atoms. The molecule has 0 amide bonds. The van der Waals surface area contributed by atoms with Crippen molar-refractivity contribution in [3.63, 3.8) is 0 Å². The van der Waals surface area contributed by atoms with E-state index in [9.17, 15) is 4.39 Å². The Bertz CT molecular complexity index is 595. The van der Waals surface area contributed by atoms with Crippen LogP contribution in [0.2, 0.25) is 5.02 Å². The molecule has 0 N–H and O–H groups in total. The van der Waals surface area contributed by atoms with Crippen molar-refractivity contribution in [2.75, 3.05) is 31.1 Å². The van der Waals surface area contributed by atoms with Gasteiger partial charge < -0.3 is 4.90 Å². The third-order valence-corrected chi connectivity index (χ3v) is 4.25. The fourth-order valence-corrected chi connectivity index (χ4v) is 2.92. The van der Waals surface area contributed by atoms with Gasteiger partial charge in [-0.05, 0) is 29.8 Å². The molecule has 4 heteroatoms. The lowest BCUT2D eigenvalue weighted by Crippen LogP contribution is -2.45. The van der Waals surface area contributed by atoms with Gasteiger partial charge in [0.1, 0.15) is 5.82 Å². The predicted molar refractivity (Wildman–Crippen MR) is 85.3 cm³/mol. The summed E-state index contributed by atoms with van der Waals surface area (Å²) in [6.07, 6.45) is 0. The fourth-order valence-electron chi connectivity index (χ4n) is 2.69. The summed E-state index contributed by atoms with van der Waals surface area (Å²) < 4.78 is 13.1. The van der Waals surface area contributed by atoms with Crippen molar-refractivity contribution in [1.82, 2.24) is 4.90 Å². The van der Waals surface area contributed by atoms with Crippen LogP contribution in [-0.4, -0.2) is 31.1 Å². The van der Waals surface area contributed by atoms with E-state index in [4.69, 9.17) is 11.6 Å². The molecule has 110 valence electrons. The van der Waals surface area contributed by atoms with Crippen LogP contribution in [0.25, 0.3) is 0 Å². The maximum absolute atomic E-state index is 13.1. The molecule has 0 aromatic heterocycles. The van der Waals surface area contributed by atoms with Gasteiger partial charge in [-0.25, -0.2) is 4.39 Å². The molecular formula is C17H18ClFN2. The van der Waals surface area contributed by atoms with Crippen LogP contribution in [0.1, 0.15) is 5.56 Å². The zero-order chi connectivity index (χ0) is 14.7. The van der Waals surface area contributed by atoms with Gasteiger partial charge in [0.2, 0.25) is 0 Å². The van der Waals surface area contributed by atoms with E-state index in [1.54, 1.807) is 6.07 Å². The highest BCUT2D eigenvalue weighted by Crippen LogP contribution is 2.21. The van der Waals surface area contributed by atoms with E-state index in [0.29, 0.717) is 5.02 Å². The first kappa shape index (κ1) is 14.4. The molecule has 21 heavy (non-hydrogen) atoms. The number of hydrogen-bond donors (Lipinski definition) is 0. The average Bonchev–Trinajstić information content (AvgIpc) is 2.52. The number of nitrogens with zero attached hydrogens (tertiary/aromatic N) is 2. The largest absolute Gasteiger partial charge is 0.369 e. The van der Waals surface area contributed by atoms with Crippen LogP contribution >= 0.6 is 11.6 Å². The normalized spacial score (nSPS) is 16.2. The number of para-hydroxylation sites is 1. The maximum Gasteiger partial charge on any atom is 0.124 e. The van der Waals surface area contributed by atoms with Gasteiger partial charge in [-0.3, -0.25) is 4.90 Å². The second-order valence-electron chi connectivity index (χ2n) is 5.33. The first-order chi connectivity index (χ1) is 10.2. The molecule has 0 radical (unpaired) electrons. The Morgan fingerprint density at radius 2 is 1.67 bits per heavy atom. The monoisotopic (exact) mass is 304 g/mol. The Hall–Kier alpha value is -1.58. The summed E-state index contributed by atoms with van der Waals surface area (Å²) in [6.45, 7) is 4.76. The fraction of sp³-hybridized carbons (Fsp3) is 0.294. The quantitative estimate of drug-likeness (QED) is 0.851. The number of hydrogen-bond acceptors (Lipinski definition) is 2. The number of rotatable bonds is 3. The molecule has 0 bridgehead atoms. The van der Waals surface area contributed by atoms with Gasteiger partial charge in [-0.2, -0.15) is 0 Å². The summed E-state index contributed by atoms with van der Waals surface area (Å²) >= 11 is 6.10. The van der Waals surface area contributed by atoms with Crippen molar-refractivity contribution in [2.45, 2.75) is 6.54 Å². The molecular weight excluding hydrogens is 287 g/mol. The third kappa shape index (κ3) is 3.55. The van der Waals surface area contributed by atoms with Gasteiger partial charge in [0.05, 0.1) is 0 Å². The molecule has 1 fully saturated rings. The second kappa shape index (κ2) is 6.46. The van der Waals surface area contributed by atoms with Gasteiger partial charge in [-0.1, -0.05) is 35.9 Å². The lowest BCUT2D eigenvalue weighted by Gasteiger charge is -2.36. The molecule has 0 unspecified atom stereocenters. The smallest absolute Gasteiger partial charge is 0.124 e. The van der Waals surface area contributed by atoms with Gasteiger partial charge >= 0.3 is 0 Å². The van der Waals surface area contributed by atoms with Crippen molar-refractivity contribution in [3.05, 3.63) is 64.9 Å². The molecule has 3 rings (SSSR count). The summed E-state index contributed by atoms with van der Waals surface area (Å²) in [5, 5.41) is 0.514. The van der Waals surface area contributed by atoms with Crippen LogP contribution < -0.4 is 4.90 Å². The molecule has 0 saturated carbocycles. The van der Waals surface area contributed by atoms with Gasteiger partial charge in [0.25, 0.3) is 0 Å². The standard InChI is InChI=1S/C17H18ClFN2/c18-17-12-15(19)7-6-14(17)13-20-8-10-21(11-9-20)16-4-2-1-3-5-16/h1-7,12H,8-11,13H2. The van der Waals surface area contributed by atoms with Crippen LogP contribution in [0.4, 0.5) is 10.1 Å². The van der Waals surface area contributed by atoms with E-state index in [0.717, 1.165) is 38.3 Å². The van der Waals surface area contributed by atoms with Crippen molar-refractivity contribution in [3.8, 4) is 0 Å². The minimum Gasteiger partial charge on any atom is -0.369 e. The van der Waals surface area contributed by atoms with Crippen molar-refractivity contribution >= 4 is 17.3 Å². The van der Waals surface area contributed by atoms with Crippen molar-refractivity contribution in [2.24, 2.45) is 0 Å². The first-order valence-electron chi connectivity index (χ1n) is 7.18. The summed E-state index contributed by atoms with van der Waals surface area (Å²) in [7, 11) is 0. The predicted octanol–water partition coefficient (Wildman–Crippen LogP) is 3.80. The van der Waals surface area contributed by atoms with E-state index < -0.39 is 0 Å². The lowest BCUT2D eigenvalue weighted by molar-refractivity contribution is 0.250. The first-order valence-corrected chi connectivity index (χ1v) is 7.56. The Morgan fingerprint density at radius 1 is 0.952 bits per heavy atom. The number of piperazine rings is 1. The molecule has 2 aromatic carbocycles. The van der Waals surface area contributed by atoms with Crippen LogP contribution in [-0.2, 0) is 6.54 Å². The molecule has 1 aliphatic heterocycles. The van der Waals surface area contributed by atoms with Crippen molar-refractivity contribution in [1.29, 1.82) is 0 Å². The highest BCUT2D eigenvalue weighted by atomic mass is 35.5. The minimum atomic E-state index is -0.280. The summed E-state index contributed by atoms with van der Waals surface area (Å²) in [5.74, 6) is -0.280. The van der Waals surface area contributed by atoms with Crippen LogP contribution in [0.15, 0.2) is 48.5 Å². The Morgan fingerprint density at radius 3 is 2.33 bits per heavy atom. The summed E-state index contributed by atoms with van der Waals surface area (Å²) in [4.78, 5) is 4.75. The minimum absolute atomic E-state index is 0.280. The SMILES string of the molecule is Fc1ccc(CN2CCN(c3ccccc3)CC2)c(Cl)c1. The zero-order valence-corrected chi connectivity index (χ0v) is 12.6. The highest BCUT2D eigenvalue weighted by Gasteiger charge is 2.17. The molecule has 2 aromatic rings. The Balaban J connectivity index is 1.59. The van der Waals surface area contributed by atoms with Crippen molar-refractivity contribution < 1.29 is 4.39 Å². The summed E-state index contributed by atoms with van der Waals surface area (Å²) in [6, 6.07) is 15.1. The third-order valence-electron chi connectivity index (χ3n) is 3.90. The molecule has 1 heterocycles. The molecule has 2 nitrogen and oxygen atoms in total. The van der Waals surface area contributed by atoms with Crippen LogP contribution in [0, 0.1) is 5.82 Å². The Labute approximate surface area is 129 Å². The number of halogens is 2.